The van der Waals surface area contributed by atoms with Crippen LogP contribution in [0.4, 0.5) is 0 Å². The van der Waals surface area contributed by atoms with E-state index in [1.165, 1.54) is 0 Å². The first-order chi connectivity index (χ1) is 11.0. The van der Waals surface area contributed by atoms with Crippen LogP contribution in [0.1, 0.15) is 5.56 Å². The lowest BCUT2D eigenvalue weighted by molar-refractivity contribution is -0.136. The summed E-state index contributed by atoms with van der Waals surface area (Å²) in [5.41, 5.74) is 1.11. The van der Waals surface area contributed by atoms with Crippen molar-refractivity contribution in [3.05, 3.63) is 35.9 Å². The number of rotatable bonds is 2. The molecule has 0 unspecified atom stereocenters. The fourth-order valence-electron chi connectivity index (χ4n) is 2.18. The molecule has 8 heteroatoms. The molecule has 0 aromatic heterocycles. The van der Waals surface area contributed by atoms with Gasteiger partial charge in [-0.2, -0.15) is 0 Å². The molecular formula is C15H18N4O4. The van der Waals surface area contributed by atoms with E-state index in [0.717, 1.165) is 5.56 Å². The fraction of sp³-hybridized carbons (Fsp3) is 0.333. The van der Waals surface area contributed by atoms with Crippen LogP contribution in [-0.4, -0.2) is 54.7 Å². The molecule has 0 bridgehead atoms. The molecule has 2 fully saturated rings. The lowest BCUT2D eigenvalue weighted by atomic mass is 10.2. The summed E-state index contributed by atoms with van der Waals surface area (Å²) in [7, 11) is 0. The summed E-state index contributed by atoms with van der Waals surface area (Å²) < 4.78 is 0. The third-order valence-corrected chi connectivity index (χ3v) is 3.11. The monoisotopic (exact) mass is 318 g/mol. The number of carbonyl (C=O) groups is 4. The first-order valence-electron chi connectivity index (χ1n) is 7.15. The molecule has 0 spiro atoms. The molecule has 8 nitrogen and oxygen atoms in total. The molecule has 2 saturated heterocycles. The average molecular weight is 318 g/mol. The normalized spacial score (nSPS) is 18.6. The van der Waals surface area contributed by atoms with Crippen molar-refractivity contribution in [3.8, 4) is 0 Å². The molecule has 0 saturated carbocycles. The van der Waals surface area contributed by atoms with Crippen molar-refractivity contribution in [1.29, 1.82) is 0 Å². The van der Waals surface area contributed by atoms with Crippen LogP contribution in [0.15, 0.2) is 30.3 Å². The van der Waals surface area contributed by atoms with Crippen molar-refractivity contribution in [2.75, 3.05) is 26.2 Å². The molecule has 0 aliphatic carbocycles. The maximum Gasteiger partial charge on any atom is 0.240 e. The van der Waals surface area contributed by atoms with Gasteiger partial charge in [0, 0.05) is 6.54 Å². The number of piperazine rings is 2. The molecule has 4 amide bonds. The van der Waals surface area contributed by atoms with Gasteiger partial charge in [-0.05, 0) is 5.56 Å². The summed E-state index contributed by atoms with van der Waals surface area (Å²) in [6, 6.07) is 9.80. The molecule has 2 aliphatic heterocycles. The van der Waals surface area contributed by atoms with Crippen LogP contribution in [0.5, 0.6) is 0 Å². The quantitative estimate of drug-likeness (QED) is 0.566. The Labute approximate surface area is 133 Å². The summed E-state index contributed by atoms with van der Waals surface area (Å²) in [6.45, 7) is 1.73. The van der Waals surface area contributed by atoms with E-state index in [1.54, 1.807) is 0 Å². The number of benzene rings is 1. The van der Waals surface area contributed by atoms with Crippen LogP contribution in [0.3, 0.4) is 0 Å². The van der Waals surface area contributed by atoms with Gasteiger partial charge in [-0.3, -0.25) is 40.0 Å². The number of amides is 4. The van der Waals surface area contributed by atoms with Crippen molar-refractivity contribution in [3.63, 3.8) is 0 Å². The van der Waals surface area contributed by atoms with Crippen molar-refractivity contribution in [2.45, 2.75) is 6.54 Å². The van der Waals surface area contributed by atoms with Gasteiger partial charge < -0.3 is 0 Å². The predicted molar refractivity (Wildman–Crippen MR) is 80.9 cm³/mol. The van der Waals surface area contributed by atoms with Gasteiger partial charge in [0.15, 0.2) is 0 Å². The van der Waals surface area contributed by atoms with Gasteiger partial charge >= 0.3 is 0 Å². The Morgan fingerprint density at radius 2 is 1.30 bits per heavy atom. The predicted octanol–water partition coefficient (Wildman–Crippen LogP) is -1.62. The highest BCUT2D eigenvalue weighted by Gasteiger charge is 2.21. The zero-order valence-corrected chi connectivity index (χ0v) is 12.5. The molecule has 3 rings (SSSR count). The number of nitrogens with zero attached hydrogens (tertiary/aromatic N) is 1. The van der Waals surface area contributed by atoms with E-state index in [0.29, 0.717) is 19.6 Å². The van der Waals surface area contributed by atoms with Gasteiger partial charge in [0.05, 0.1) is 26.2 Å². The SMILES string of the molecule is O=C1CN(Cc2ccccc2)CC(=O)N1.O=C1CNCC(=O)N1. The van der Waals surface area contributed by atoms with Crippen molar-refractivity contribution < 1.29 is 19.2 Å². The van der Waals surface area contributed by atoms with E-state index < -0.39 is 0 Å². The topological polar surface area (TPSA) is 108 Å². The largest absolute Gasteiger partial charge is 0.300 e. The van der Waals surface area contributed by atoms with Crippen LogP contribution < -0.4 is 16.0 Å². The van der Waals surface area contributed by atoms with Crippen LogP contribution in [0.2, 0.25) is 0 Å². The second-order valence-electron chi connectivity index (χ2n) is 5.18. The van der Waals surface area contributed by atoms with Crippen LogP contribution in [0, 0.1) is 0 Å². The van der Waals surface area contributed by atoms with Gasteiger partial charge in [-0.25, -0.2) is 0 Å². The molecule has 1 aromatic carbocycles. The van der Waals surface area contributed by atoms with E-state index in [4.69, 9.17) is 0 Å². The number of nitrogens with one attached hydrogen (secondary N) is 3. The van der Waals surface area contributed by atoms with E-state index >= 15 is 0 Å². The molecule has 0 atom stereocenters. The van der Waals surface area contributed by atoms with Crippen LogP contribution >= 0.6 is 0 Å². The highest BCUT2D eigenvalue weighted by Crippen LogP contribution is 2.05. The Bertz CT molecular complexity index is 573. The summed E-state index contributed by atoms with van der Waals surface area (Å²) in [6.07, 6.45) is 0. The number of carbonyl (C=O) groups excluding carboxylic acids is 4. The van der Waals surface area contributed by atoms with E-state index in [-0.39, 0.29) is 36.7 Å². The summed E-state index contributed by atoms with van der Waals surface area (Å²) in [5, 5.41) is 7.04. The van der Waals surface area contributed by atoms with Crippen molar-refractivity contribution in [2.24, 2.45) is 0 Å². The Morgan fingerprint density at radius 1 is 0.783 bits per heavy atom. The zero-order chi connectivity index (χ0) is 16.7. The van der Waals surface area contributed by atoms with Crippen LogP contribution in [-0.2, 0) is 25.7 Å². The maximum atomic E-state index is 11.1. The summed E-state index contributed by atoms with van der Waals surface area (Å²) >= 11 is 0. The number of hydrogen-bond acceptors (Lipinski definition) is 6. The standard InChI is InChI=1S/C11H12N2O2.C4H6N2O2/c14-10-7-13(8-11(15)12-10)6-9-4-2-1-3-5-9;7-3-1-5-2-4(8)6-3/h1-5H,6-8H2,(H,12,14,15);5H,1-2H2,(H,6,7,8). The van der Waals surface area contributed by atoms with E-state index in [2.05, 4.69) is 16.0 Å². The number of imide groups is 2. The molecule has 3 N–H and O–H groups in total. The van der Waals surface area contributed by atoms with Crippen molar-refractivity contribution in [1.82, 2.24) is 20.9 Å². The minimum atomic E-state index is -0.249. The highest BCUT2D eigenvalue weighted by atomic mass is 16.2. The van der Waals surface area contributed by atoms with Crippen LogP contribution in [0.25, 0.3) is 0 Å². The average Bonchev–Trinajstić information content (AvgIpc) is 2.47. The number of hydrogen-bond donors (Lipinski definition) is 3. The second kappa shape index (κ2) is 8.16. The molecule has 0 radical (unpaired) electrons. The molecular weight excluding hydrogens is 300 g/mol. The molecule has 2 heterocycles. The lowest BCUT2D eigenvalue weighted by Crippen LogP contribution is -2.50. The minimum Gasteiger partial charge on any atom is -0.300 e. The second-order valence-corrected chi connectivity index (χ2v) is 5.18. The first-order valence-corrected chi connectivity index (χ1v) is 7.15. The molecule has 122 valence electrons. The van der Waals surface area contributed by atoms with Crippen molar-refractivity contribution >= 4 is 23.6 Å². The lowest BCUT2D eigenvalue weighted by Gasteiger charge is -2.25. The fourth-order valence-corrected chi connectivity index (χ4v) is 2.18. The first kappa shape index (κ1) is 16.8. The molecule has 1 aromatic rings. The molecule has 23 heavy (non-hydrogen) atoms. The highest BCUT2D eigenvalue weighted by molar-refractivity contribution is 5.99. The Kier molecular flexibility index (Phi) is 5.95. The third kappa shape index (κ3) is 5.97. The summed E-state index contributed by atoms with van der Waals surface area (Å²) in [4.78, 5) is 44.6. The maximum absolute atomic E-state index is 11.1. The van der Waals surface area contributed by atoms with E-state index in [1.807, 2.05) is 35.2 Å². The van der Waals surface area contributed by atoms with Gasteiger partial charge in [0.25, 0.3) is 0 Å². The van der Waals surface area contributed by atoms with Gasteiger partial charge in [-0.1, -0.05) is 30.3 Å². The summed E-state index contributed by atoms with van der Waals surface area (Å²) in [5.74, 6) is -0.938. The Morgan fingerprint density at radius 3 is 1.78 bits per heavy atom. The zero-order valence-electron chi connectivity index (χ0n) is 12.5. The Hall–Kier alpha value is -2.58. The van der Waals surface area contributed by atoms with Gasteiger partial charge in [0.1, 0.15) is 0 Å². The third-order valence-electron chi connectivity index (χ3n) is 3.11. The Balaban J connectivity index is 0.000000203. The van der Waals surface area contributed by atoms with E-state index in [9.17, 15) is 19.2 Å². The van der Waals surface area contributed by atoms with Gasteiger partial charge in [0.2, 0.25) is 23.6 Å². The van der Waals surface area contributed by atoms with Gasteiger partial charge in [-0.15, -0.1) is 0 Å². The molecule has 2 aliphatic rings. The smallest absolute Gasteiger partial charge is 0.240 e. The minimum absolute atomic E-state index is 0.220.